The second-order valence-corrected chi connectivity index (χ2v) is 9.90. The first-order chi connectivity index (χ1) is 23.3. The van der Waals surface area contributed by atoms with E-state index >= 15 is 0 Å². The number of benzene rings is 2. The van der Waals surface area contributed by atoms with E-state index in [4.69, 9.17) is 33.1 Å². The smallest absolute Gasteiger partial charge is 0.295 e. The number of H-pyrrole nitrogens is 1. The topological polar surface area (TPSA) is 345 Å². The first kappa shape index (κ1) is 36.2. The van der Waals surface area contributed by atoms with Gasteiger partial charge in [-0.15, -0.1) is 5.10 Å². The van der Waals surface area contributed by atoms with Gasteiger partial charge in [0.25, 0.3) is 11.8 Å². The maximum Gasteiger partial charge on any atom is 0.295 e. The molecule has 0 saturated heterocycles. The molecular weight excluding hydrogens is 634 g/mol. The Hall–Kier alpha value is -7.32. The number of carbonyl (C=O) groups is 2. The largest absolute Gasteiger partial charge is 0.369 e. The number of hydrogen-bond acceptors (Lipinski definition) is 12. The molecule has 21 heteroatoms. The number of nitrogens with one attached hydrogen (secondary N) is 11. The molecule has 0 aliphatic rings. The molecule has 2 aromatic carbocycles. The van der Waals surface area contributed by atoms with Crippen molar-refractivity contribution in [1.29, 1.82) is 21.6 Å². The molecule has 1 aromatic heterocycles. The Balaban J connectivity index is 1.89. The lowest BCUT2D eigenvalue weighted by molar-refractivity contribution is 0.101. The molecule has 2 amide bonds. The molecule has 0 spiro atoms. The zero-order valence-corrected chi connectivity index (χ0v) is 26.8. The lowest BCUT2D eigenvalue weighted by Gasteiger charge is -2.11. The second-order valence-electron chi connectivity index (χ2n) is 9.90. The minimum absolute atomic E-state index is 0.255. The molecule has 3 rings (SSSR count). The first-order valence-electron chi connectivity index (χ1n) is 14.0. The van der Waals surface area contributed by atoms with Crippen LogP contribution >= 0.6 is 0 Å². The molecule has 254 valence electrons. The SMILES string of the molecule is C/C(=N\NC=N)c1cc(NC(=O)c2nc(C(=O)Nc3cc(/C(C)=N/NC(=N)N)cc(/C(C)=N/NC(=N)N)c3)n[nH]2)cc(/C(C)=N/NC=N)c1. The molecule has 0 aliphatic carbocycles. The minimum atomic E-state index is -0.744. The van der Waals surface area contributed by atoms with Crippen molar-refractivity contribution in [2.75, 3.05) is 10.6 Å². The maximum absolute atomic E-state index is 13.2. The summed E-state index contributed by atoms with van der Waals surface area (Å²) in [4.78, 5) is 30.4. The van der Waals surface area contributed by atoms with E-state index in [0.717, 1.165) is 12.7 Å². The van der Waals surface area contributed by atoms with Crippen LogP contribution in [0.1, 0.15) is 71.2 Å². The predicted molar refractivity (Wildman–Crippen MR) is 188 cm³/mol. The molecule has 1 heterocycles. The molecule has 21 nitrogen and oxygen atoms in total. The number of hydrazone groups is 4. The van der Waals surface area contributed by atoms with Crippen molar-refractivity contribution in [1.82, 2.24) is 36.9 Å². The van der Waals surface area contributed by atoms with Gasteiger partial charge in [-0.05, 0) is 64.1 Å². The van der Waals surface area contributed by atoms with E-state index in [2.05, 4.69) is 67.9 Å². The Labute approximate surface area is 279 Å². The summed E-state index contributed by atoms with van der Waals surface area (Å²) in [5.74, 6) is -2.77. The lowest BCUT2D eigenvalue weighted by atomic mass is 10.0. The van der Waals surface area contributed by atoms with E-state index in [9.17, 15) is 9.59 Å². The van der Waals surface area contributed by atoms with Gasteiger partial charge in [0.1, 0.15) is 0 Å². The predicted octanol–water partition coefficient (Wildman–Crippen LogP) is 0.565. The Kier molecular flexibility index (Phi) is 12.4. The van der Waals surface area contributed by atoms with Crippen LogP contribution < -0.4 is 43.8 Å². The summed E-state index contributed by atoms with van der Waals surface area (Å²) in [6, 6.07) is 9.97. The standard InChI is InChI=1S/C28H35N19O2/c1-13(40-35-11-29)17-5-18(14(2)41-36-12-30)8-21(7-17)37-25(48)23-39-24(45-44-23)26(49)38-22-9-19(15(3)42-46-27(31)32)6-20(10-22)16(4)43-47-28(33)34/h5-12H,1-4H3,(H2,29,35)(H2,30,36)(H,37,48)(H,38,49)(H4,31,32,46)(H4,33,34,47)(H,39,44,45)/b40-13+,41-14+,42-15+,43-16+. The number of amides is 2. The van der Waals surface area contributed by atoms with Crippen molar-refractivity contribution in [3.63, 3.8) is 0 Å². The van der Waals surface area contributed by atoms with E-state index in [1.807, 2.05) is 0 Å². The number of aromatic amines is 1. The van der Waals surface area contributed by atoms with E-state index < -0.39 is 11.8 Å². The van der Waals surface area contributed by atoms with Crippen LogP contribution in [0.15, 0.2) is 56.8 Å². The second kappa shape index (κ2) is 16.8. The Morgan fingerprint density at radius 2 is 1.06 bits per heavy atom. The molecule has 15 N–H and O–H groups in total. The van der Waals surface area contributed by atoms with Crippen molar-refractivity contribution in [3.8, 4) is 0 Å². The van der Waals surface area contributed by atoms with Gasteiger partial charge in [0.05, 0.1) is 35.5 Å². The highest BCUT2D eigenvalue weighted by molar-refractivity contribution is 6.10. The monoisotopic (exact) mass is 669 g/mol. The van der Waals surface area contributed by atoms with E-state index in [0.29, 0.717) is 50.8 Å². The summed E-state index contributed by atoms with van der Waals surface area (Å²) in [6.45, 7) is 6.72. The molecule has 0 atom stereocenters. The summed E-state index contributed by atoms with van der Waals surface area (Å²) < 4.78 is 0. The Morgan fingerprint density at radius 3 is 1.45 bits per heavy atom. The maximum atomic E-state index is 13.2. The summed E-state index contributed by atoms with van der Waals surface area (Å²) in [6.07, 6.45) is 1.83. The molecule has 0 saturated carbocycles. The van der Waals surface area contributed by atoms with Gasteiger partial charge in [0.15, 0.2) is 0 Å². The summed E-state index contributed by atoms with van der Waals surface area (Å²) in [5.41, 5.74) is 25.0. The van der Waals surface area contributed by atoms with Crippen LogP contribution in [0.2, 0.25) is 0 Å². The Morgan fingerprint density at radius 1 is 0.673 bits per heavy atom. The van der Waals surface area contributed by atoms with Gasteiger partial charge >= 0.3 is 0 Å². The Bertz CT molecular complexity index is 1810. The number of nitrogens with two attached hydrogens (primary N) is 2. The fraction of sp³-hybridized carbons (Fsp3) is 0.143. The number of guanidine groups is 2. The molecule has 3 aromatic rings. The average molecular weight is 670 g/mol. The van der Waals surface area contributed by atoms with Gasteiger partial charge in [-0.25, -0.2) is 10.9 Å². The van der Waals surface area contributed by atoms with Gasteiger partial charge in [0, 0.05) is 33.6 Å². The van der Waals surface area contributed by atoms with E-state index in [1.54, 1.807) is 64.1 Å². The number of hydrogen-bond donors (Lipinski definition) is 13. The third-order valence-corrected chi connectivity index (χ3v) is 6.24. The first-order valence-corrected chi connectivity index (χ1v) is 14.0. The van der Waals surface area contributed by atoms with Gasteiger partial charge in [0.2, 0.25) is 23.6 Å². The zero-order chi connectivity index (χ0) is 36.1. The zero-order valence-electron chi connectivity index (χ0n) is 26.8. The number of aromatic nitrogens is 3. The van der Waals surface area contributed by atoms with E-state index in [-0.39, 0.29) is 29.3 Å². The van der Waals surface area contributed by atoms with Gasteiger partial charge in [-0.1, -0.05) is 0 Å². The number of anilines is 2. The fourth-order valence-corrected chi connectivity index (χ4v) is 3.88. The van der Waals surface area contributed by atoms with Crippen molar-refractivity contribution in [3.05, 3.63) is 70.3 Å². The van der Waals surface area contributed by atoms with Crippen LogP contribution in [0, 0.1) is 21.6 Å². The minimum Gasteiger partial charge on any atom is -0.369 e. The van der Waals surface area contributed by atoms with Crippen LogP contribution in [0.4, 0.5) is 11.4 Å². The van der Waals surface area contributed by atoms with Crippen LogP contribution in [-0.4, -0.2) is 74.4 Å². The van der Waals surface area contributed by atoms with Crippen molar-refractivity contribution >= 4 is 70.6 Å². The highest BCUT2D eigenvalue weighted by Crippen LogP contribution is 2.19. The molecule has 0 bridgehead atoms. The highest BCUT2D eigenvalue weighted by atomic mass is 16.2. The average Bonchev–Trinajstić information content (AvgIpc) is 3.58. The van der Waals surface area contributed by atoms with Gasteiger partial charge in [-0.3, -0.25) is 47.2 Å². The van der Waals surface area contributed by atoms with Crippen LogP contribution in [-0.2, 0) is 0 Å². The number of rotatable bonds is 14. The van der Waals surface area contributed by atoms with Gasteiger partial charge in [-0.2, -0.15) is 25.4 Å². The van der Waals surface area contributed by atoms with Crippen molar-refractivity contribution < 1.29 is 9.59 Å². The van der Waals surface area contributed by atoms with Crippen LogP contribution in [0.25, 0.3) is 0 Å². The molecule has 0 fully saturated rings. The fourth-order valence-electron chi connectivity index (χ4n) is 3.88. The van der Waals surface area contributed by atoms with Crippen molar-refractivity contribution in [2.24, 2.45) is 31.9 Å². The summed E-state index contributed by atoms with van der Waals surface area (Å²) in [5, 5.41) is 57.0. The van der Waals surface area contributed by atoms with Crippen molar-refractivity contribution in [2.45, 2.75) is 27.7 Å². The molecular formula is C28H35N19O2. The number of nitrogens with zero attached hydrogens (tertiary/aromatic N) is 6. The lowest BCUT2D eigenvalue weighted by Crippen LogP contribution is -2.27. The number of carbonyl (C=O) groups excluding carboxylic acids is 2. The third-order valence-electron chi connectivity index (χ3n) is 6.24. The van der Waals surface area contributed by atoms with Gasteiger partial charge < -0.3 is 22.1 Å². The highest BCUT2D eigenvalue weighted by Gasteiger charge is 2.19. The van der Waals surface area contributed by atoms with E-state index in [1.165, 1.54) is 0 Å². The molecule has 0 aliphatic heterocycles. The summed E-state index contributed by atoms with van der Waals surface area (Å²) in [7, 11) is 0. The third kappa shape index (κ3) is 10.6. The van der Waals surface area contributed by atoms with Crippen LogP contribution in [0.5, 0.6) is 0 Å². The molecule has 0 radical (unpaired) electrons. The molecule has 0 unspecified atom stereocenters. The van der Waals surface area contributed by atoms with Crippen LogP contribution in [0.3, 0.4) is 0 Å². The normalized spacial score (nSPS) is 12.0. The summed E-state index contributed by atoms with van der Waals surface area (Å²) >= 11 is 0. The molecule has 49 heavy (non-hydrogen) atoms. The quantitative estimate of drug-likeness (QED) is 0.0642.